The van der Waals surface area contributed by atoms with Gasteiger partial charge in [-0.25, -0.2) is 0 Å². The Hall–Kier alpha value is -0.680. The van der Waals surface area contributed by atoms with Gasteiger partial charge >= 0.3 is 0 Å². The zero-order valence-electron chi connectivity index (χ0n) is 10.6. The van der Waals surface area contributed by atoms with Crippen molar-refractivity contribution in [3.05, 3.63) is 20.3 Å². The summed E-state index contributed by atoms with van der Waals surface area (Å²) in [5.41, 5.74) is 0. The van der Waals surface area contributed by atoms with Crippen LogP contribution in [0.1, 0.15) is 35.9 Å². The zero-order chi connectivity index (χ0) is 13.4. The van der Waals surface area contributed by atoms with Crippen molar-refractivity contribution in [2.24, 2.45) is 11.8 Å². The number of aryl methyl sites for hydroxylation is 1. The van der Waals surface area contributed by atoms with E-state index in [2.05, 4.69) is 21.2 Å². The Bertz CT molecular complexity index is 476. The molecule has 0 aromatic carbocycles. The van der Waals surface area contributed by atoms with E-state index in [1.807, 2.05) is 26.8 Å². The molecule has 18 heavy (non-hydrogen) atoms. The first-order valence-corrected chi connectivity index (χ1v) is 7.60. The quantitative estimate of drug-likeness (QED) is 0.847. The molecule has 0 bridgehead atoms. The third-order valence-corrected chi connectivity index (χ3v) is 5.63. The highest BCUT2D eigenvalue weighted by Gasteiger charge is 2.39. The van der Waals surface area contributed by atoms with Crippen LogP contribution in [0.5, 0.6) is 0 Å². The number of rotatable bonds is 2. The SMILES string of the molecule is Cc1sc(C2CC(=O)NC(=O)C2C(C)C)cc1Br. The van der Waals surface area contributed by atoms with Crippen molar-refractivity contribution in [1.29, 1.82) is 0 Å². The number of thiophene rings is 1. The molecule has 0 radical (unpaired) electrons. The zero-order valence-corrected chi connectivity index (χ0v) is 13.0. The summed E-state index contributed by atoms with van der Waals surface area (Å²) >= 11 is 5.16. The number of halogens is 1. The van der Waals surface area contributed by atoms with Gasteiger partial charge in [-0.3, -0.25) is 14.9 Å². The van der Waals surface area contributed by atoms with Crippen LogP contribution in [0, 0.1) is 18.8 Å². The van der Waals surface area contributed by atoms with Crippen LogP contribution >= 0.6 is 27.3 Å². The number of carbonyl (C=O) groups excluding carboxylic acids is 2. The summed E-state index contributed by atoms with van der Waals surface area (Å²) in [4.78, 5) is 25.9. The minimum absolute atomic E-state index is 0.0150. The predicted octanol–water partition coefficient (Wildman–Crippen LogP) is 3.22. The highest BCUT2D eigenvalue weighted by molar-refractivity contribution is 9.10. The molecular weight excluding hydrogens is 314 g/mol. The van der Waals surface area contributed by atoms with Gasteiger partial charge < -0.3 is 0 Å². The molecule has 1 aliphatic rings. The maximum absolute atomic E-state index is 12.0. The van der Waals surface area contributed by atoms with Crippen molar-refractivity contribution in [1.82, 2.24) is 5.32 Å². The summed E-state index contributed by atoms with van der Waals surface area (Å²) in [6, 6.07) is 2.05. The van der Waals surface area contributed by atoms with Crippen LogP contribution in [0.25, 0.3) is 0 Å². The van der Waals surface area contributed by atoms with Crippen molar-refractivity contribution in [2.75, 3.05) is 0 Å². The lowest BCUT2D eigenvalue weighted by Gasteiger charge is -2.32. The Kier molecular flexibility index (Phi) is 3.92. The number of hydrogen-bond acceptors (Lipinski definition) is 3. The second kappa shape index (κ2) is 5.13. The summed E-state index contributed by atoms with van der Waals surface area (Å²) in [7, 11) is 0. The van der Waals surface area contributed by atoms with Crippen molar-refractivity contribution < 1.29 is 9.59 Å². The van der Waals surface area contributed by atoms with Crippen LogP contribution in [0.4, 0.5) is 0 Å². The average molecular weight is 330 g/mol. The van der Waals surface area contributed by atoms with Gasteiger partial charge in [-0.15, -0.1) is 11.3 Å². The standard InChI is InChI=1S/C13H16BrNO2S/c1-6(2)12-8(4-11(16)15-13(12)17)10-5-9(14)7(3)18-10/h5-6,8,12H,4H2,1-3H3,(H,15,16,17). The molecule has 98 valence electrons. The first-order chi connectivity index (χ1) is 8.40. The van der Waals surface area contributed by atoms with E-state index in [0.717, 1.165) is 9.35 Å². The van der Waals surface area contributed by atoms with E-state index in [1.54, 1.807) is 11.3 Å². The van der Waals surface area contributed by atoms with Crippen molar-refractivity contribution in [3.8, 4) is 0 Å². The minimum Gasteiger partial charge on any atom is -0.296 e. The molecule has 3 nitrogen and oxygen atoms in total. The third-order valence-electron chi connectivity index (χ3n) is 3.36. The van der Waals surface area contributed by atoms with Gasteiger partial charge in [0.25, 0.3) is 0 Å². The van der Waals surface area contributed by atoms with Crippen molar-refractivity contribution in [3.63, 3.8) is 0 Å². The molecule has 1 saturated heterocycles. The van der Waals surface area contributed by atoms with Crippen LogP contribution in [0.15, 0.2) is 10.5 Å². The summed E-state index contributed by atoms with van der Waals surface area (Å²) in [6.45, 7) is 6.10. The molecule has 1 N–H and O–H groups in total. The Morgan fingerprint density at radius 2 is 2.11 bits per heavy atom. The second-order valence-corrected chi connectivity index (χ2v) is 7.19. The van der Waals surface area contributed by atoms with Gasteiger partial charge in [0, 0.05) is 32.5 Å². The number of hydrogen-bond donors (Lipinski definition) is 1. The maximum atomic E-state index is 12.0. The lowest BCUT2D eigenvalue weighted by Crippen LogP contribution is -2.46. The van der Waals surface area contributed by atoms with Gasteiger partial charge in [0.2, 0.25) is 11.8 Å². The van der Waals surface area contributed by atoms with Gasteiger partial charge in [0.05, 0.1) is 0 Å². The van der Waals surface area contributed by atoms with Gasteiger partial charge in [-0.05, 0) is 34.8 Å². The summed E-state index contributed by atoms with van der Waals surface area (Å²) in [5.74, 6) is -0.171. The van der Waals surface area contributed by atoms with E-state index in [4.69, 9.17) is 0 Å². The van der Waals surface area contributed by atoms with Crippen molar-refractivity contribution >= 4 is 39.1 Å². The van der Waals surface area contributed by atoms with Crippen LogP contribution in [-0.4, -0.2) is 11.8 Å². The Balaban J connectivity index is 2.37. The monoisotopic (exact) mass is 329 g/mol. The van der Waals surface area contributed by atoms with Crippen LogP contribution in [-0.2, 0) is 9.59 Å². The molecule has 2 amide bonds. The van der Waals surface area contributed by atoms with Crippen LogP contribution in [0.2, 0.25) is 0 Å². The van der Waals surface area contributed by atoms with Crippen LogP contribution < -0.4 is 5.32 Å². The molecule has 0 aliphatic carbocycles. The molecule has 2 unspecified atom stereocenters. The highest BCUT2D eigenvalue weighted by Crippen LogP contribution is 2.41. The number of imide groups is 1. The smallest absolute Gasteiger partial charge is 0.230 e. The molecule has 1 aromatic rings. The number of carbonyl (C=O) groups is 2. The van der Waals surface area contributed by atoms with E-state index in [9.17, 15) is 9.59 Å². The topological polar surface area (TPSA) is 46.2 Å². The fourth-order valence-electron chi connectivity index (χ4n) is 2.49. The molecule has 1 aliphatic heterocycles. The Morgan fingerprint density at radius 1 is 1.44 bits per heavy atom. The van der Waals surface area contributed by atoms with Gasteiger partial charge in [-0.2, -0.15) is 0 Å². The second-order valence-electron chi connectivity index (χ2n) is 5.05. The molecule has 2 rings (SSSR count). The highest BCUT2D eigenvalue weighted by atomic mass is 79.9. The summed E-state index contributed by atoms with van der Waals surface area (Å²) in [5, 5.41) is 2.45. The minimum atomic E-state index is -0.163. The molecule has 1 fully saturated rings. The van der Waals surface area contributed by atoms with E-state index < -0.39 is 0 Å². The molecule has 2 heterocycles. The Labute approximate surface area is 119 Å². The van der Waals surface area contributed by atoms with E-state index in [-0.39, 0.29) is 29.6 Å². The van der Waals surface area contributed by atoms with E-state index >= 15 is 0 Å². The first-order valence-electron chi connectivity index (χ1n) is 5.99. The maximum Gasteiger partial charge on any atom is 0.230 e. The molecule has 0 saturated carbocycles. The van der Waals surface area contributed by atoms with Crippen molar-refractivity contribution in [2.45, 2.75) is 33.1 Å². The fraction of sp³-hybridized carbons (Fsp3) is 0.538. The predicted molar refractivity (Wildman–Crippen MR) is 75.6 cm³/mol. The Morgan fingerprint density at radius 3 is 2.61 bits per heavy atom. The lowest BCUT2D eigenvalue weighted by atomic mass is 9.77. The molecule has 2 atom stereocenters. The molecule has 0 spiro atoms. The van der Waals surface area contributed by atoms with E-state index in [1.165, 1.54) is 4.88 Å². The van der Waals surface area contributed by atoms with Crippen LogP contribution in [0.3, 0.4) is 0 Å². The van der Waals surface area contributed by atoms with E-state index in [0.29, 0.717) is 6.42 Å². The number of amides is 2. The number of piperidine rings is 1. The fourth-order valence-corrected chi connectivity index (χ4v) is 4.20. The average Bonchev–Trinajstić information content (AvgIpc) is 2.57. The van der Waals surface area contributed by atoms with Gasteiger partial charge in [-0.1, -0.05) is 13.8 Å². The number of nitrogens with one attached hydrogen (secondary N) is 1. The molecule has 1 aromatic heterocycles. The summed E-state index contributed by atoms with van der Waals surface area (Å²) in [6.07, 6.45) is 0.404. The normalized spacial score (nSPS) is 24.5. The first kappa shape index (κ1) is 13.7. The molecular formula is C13H16BrNO2S. The molecule has 5 heteroatoms. The summed E-state index contributed by atoms with van der Waals surface area (Å²) < 4.78 is 1.06. The lowest BCUT2D eigenvalue weighted by molar-refractivity contribution is -0.138. The third kappa shape index (κ3) is 2.52. The van der Waals surface area contributed by atoms with Gasteiger partial charge in [0.15, 0.2) is 0 Å². The van der Waals surface area contributed by atoms with Gasteiger partial charge in [0.1, 0.15) is 0 Å². The largest absolute Gasteiger partial charge is 0.296 e.